The molecule has 0 aromatic heterocycles. The lowest BCUT2D eigenvalue weighted by molar-refractivity contribution is 0.101. The summed E-state index contributed by atoms with van der Waals surface area (Å²) in [4.78, 5) is 25.0. The van der Waals surface area contributed by atoms with Gasteiger partial charge in [-0.05, 0) is 49.4 Å². The Kier molecular flexibility index (Phi) is 6.42. The van der Waals surface area contributed by atoms with Crippen LogP contribution in [0.25, 0.3) is 0 Å². The highest BCUT2D eigenvalue weighted by molar-refractivity contribution is 6.34. The molecular formula is C22H18Cl2N2O3. The van der Waals surface area contributed by atoms with E-state index in [-0.39, 0.29) is 16.8 Å². The smallest absolute Gasteiger partial charge is 0.255 e. The molecule has 0 saturated heterocycles. The van der Waals surface area contributed by atoms with Crippen LogP contribution in [0.3, 0.4) is 0 Å². The Morgan fingerprint density at radius 2 is 1.48 bits per heavy atom. The molecule has 3 aromatic carbocycles. The number of carbonyl (C=O) groups is 2. The number of rotatable bonds is 5. The van der Waals surface area contributed by atoms with Crippen LogP contribution in [0.2, 0.25) is 10.0 Å². The van der Waals surface area contributed by atoms with E-state index in [1.54, 1.807) is 42.5 Å². The van der Waals surface area contributed by atoms with E-state index in [2.05, 4.69) is 10.6 Å². The predicted octanol–water partition coefficient (Wildman–Crippen LogP) is 5.82. The number of aryl methyl sites for hydroxylation is 1. The van der Waals surface area contributed by atoms with Crippen LogP contribution in [0, 0.1) is 6.92 Å². The number of amides is 2. The van der Waals surface area contributed by atoms with Gasteiger partial charge < -0.3 is 15.4 Å². The summed E-state index contributed by atoms with van der Waals surface area (Å²) in [6.45, 7) is 1.91. The fourth-order valence-corrected chi connectivity index (χ4v) is 3.03. The number of halogens is 2. The third kappa shape index (κ3) is 5.08. The maximum atomic E-state index is 12.5. The van der Waals surface area contributed by atoms with Gasteiger partial charge in [-0.1, -0.05) is 40.9 Å². The zero-order chi connectivity index (χ0) is 21.0. The van der Waals surface area contributed by atoms with Crippen molar-refractivity contribution in [3.05, 3.63) is 87.4 Å². The highest BCUT2D eigenvalue weighted by Gasteiger charge is 2.15. The lowest BCUT2D eigenvalue weighted by atomic mass is 10.1. The maximum absolute atomic E-state index is 12.5. The summed E-state index contributed by atoms with van der Waals surface area (Å²) < 4.78 is 5.36. The van der Waals surface area contributed by atoms with E-state index in [1.807, 2.05) is 19.1 Å². The highest BCUT2D eigenvalue weighted by atomic mass is 35.5. The summed E-state index contributed by atoms with van der Waals surface area (Å²) in [6.07, 6.45) is 0. The van der Waals surface area contributed by atoms with Crippen LogP contribution in [-0.2, 0) is 0 Å². The normalized spacial score (nSPS) is 10.3. The lowest BCUT2D eigenvalue weighted by Gasteiger charge is -2.14. The zero-order valence-corrected chi connectivity index (χ0v) is 17.3. The average molecular weight is 429 g/mol. The molecule has 0 fully saturated rings. The Bertz CT molecular complexity index is 1070. The Morgan fingerprint density at radius 1 is 0.828 bits per heavy atom. The number of anilines is 2. The van der Waals surface area contributed by atoms with Gasteiger partial charge in [0.05, 0.1) is 23.5 Å². The van der Waals surface area contributed by atoms with Crippen LogP contribution in [0.1, 0.15) is 26.3 Å². The van der Waals surface area contributed by atoms with E-state index in [0.717, 1.165) is 5.56 Å². The van der Waals surface area contributed by atoms with Gasteiger partial charge >= 0.3 is 0 Å². The van der Waals surface area contributed by atoms with Crippen molar-refractivity contribution in [2.75, 3.05) is 17.7 Å². The van der Waals surface area contributed by atoms with Gasteiger partial charge in [0.2, 0.25) is 0 Å². The molecule has 3 aromatic rings. The SMILES string of the molecule is COc1cc(NC(=O)c2ccc(Cl)cc2)c(Cl)cc1NC(=O)c1cccc(C)c1. The Hall–Kier alpha value is -3.02. The number of hydrogen-bond acceptors (Lipinski definition) is 3. The number of hydrogen-bond donors (Lipinski definition) is 2. The Morgan fingerprint density at radius 3 is 2.14 bits per heavy atom. The number of ether oxygens (including phenoxy) is 1. The number of benzene rings is 3. The fourth-order valence-electron chi connectivity index (χ4n) is 2.69. The van der Waals surface area contributed by atoms with Gasteiger partial charge in [0.25, 0.3) is 11.8 Å². The largest absolute Gasteiger partial charge is 0.494 e. The molecule has 0 spiro atoms. The molecule has 0 bridgehead atoms. The maximum Gasteiger partial charge on any atom is 0.255 e. The van der Waals surface area contributed by atoms with Gasteiger partial charge in [0.15, 0.2) is 0 Å². The van der Waals surface area contributed by atoms with E-state index in [1.165, 1.54) is 13.2 Å². The van der Waals surface area contributed by atoms with E-state index in [4.69, 9.17) is 27.9 Å². The first-order chi connectivity index (χ1) is 13.9. The minimum absolute atomic E-state index is 0.257. The topological polar surface area (TPSA) is 67.4 Å². The standard InChI is InChI=1S/C22H18Cl2N2O3/c1-13-4-3-5-15(10-13)22(28)26-19-11-17(24)18(12-20(19)29-2)25-21(27)14-6-8-16(23)9-7-14/h3-12H,1-2H3,(H,25,27)(H,26,28). The monoisotopic (exact) mass is 428 g/mol. The van der Waals surface area contributed by atoms with Crippen LogP contribution in [0.4, 0.5) is 11.4 Å². The molecule has 0 atom stereocenters. The third-order valence-electron chi connectivity index (χ3n) is 4.17. The number of nitrogens with one attached hydrogen (secondary N) is 2. The van der Waals surface area contributed by atoms with Gasteiger partial charge in [-0.25, -0.2) is 0 Å². The fraction of sp³-hybridized carbons (Fsp3) is 0.0909. The summed E-state index contributed by atoms with van der Waals surface area (Å²) in [7, 11) is 1.47. The van der Waals surface area contributed by atoms with E-state index in [9.17, 15) is 9.59 Å². The van der Waals surface area contributed by atoms with Crippen molar-refractivity contribution < 1.29 is 14.3 Å². The molecule has 0 aliphatic heterocycles. The summed E-state index contributed by atoms with van der Waals surface area (Å²) in [5, 5.41) is 6.32. The molecule has 0 saturated carbocycles. The Balaban J connectivity index is 1.82. The first-order valence-electron chi connectivity index (χ1n) is 8.70. The van der Waals surface area contributed by atoms with Crippen LogP contribution in [0.5, 0.6) is 5.75 Å². The highest BCUT2D eigenvalue weighted by Crippen LogP contribution is 2.35. The van der Waals surface area contributed by atoms with E-state index in [0.29, 0.717) is 33.3 Å². The first-order valence-corrected chi connectivity index (χ1v) is 9.45. The van der Waals surface area contributed by atoms with Crippen LogP contribution >= 0.6 is 23.2 Å². The summed E-state index contributed by atoms with van der Waals surface area (Å²) in [5.74, 6) is -0.273. The van der Waals surface area contributed by atoms with Crippen molar-refractivity contribution in [2.24, 2.45) is 0 Å². The molecule has 3 rings (SSSR count). The quantitative estimate of drug-likeness (QED) is 0.538. The molecule has 7 heteroatoms. The molecule has 2 N–H and O–H groups in total. The molecule has 29 heavy (non-hydrogen) atoms. The molecule has 0 aliphatic carbocycles. The van der Waals surface area contributed by atoms with Crippen molar-refractivity contribution >= 4 is 46.4 Å². The lowest BCUT2D eigenvalue weighted by Crippen LogP contribution is -2.14. The molecular weight excluding hydrogens is 411 g/mol. The van der Waals surface area contributed by atoms with Gasteiger partial charge in [-0.15, -0.1) is 0 Å². The van der Waals surface area contributed by atoms with Crippen molar-refractivity contribution in [1.82, 2.24) is 0 Å². The second-order valence-corrected chi connectivity index (χ2v) is 7.16. The molecule has 2 amide bonds. The van der Waals surface area contributed by atoms with Crippen molar-refractivity contribution in [3.8, 4) is 5.75 Å². The molecule has 0 heterocycles. The summed E-state index contributed by atoms with van der Waals surface area (Å²) >= 11 is 12.2. The molecule has 5 nitrogen and oxygen atoms in total. The second kappa shape index (κ2) is 8.99. The van der Waals surface area contributed by atoms with Crippen LogP contribution < -0.4 is 15.4 Å². The number of carbonyl (C=O) groups excluding carboxylic acids is 2. The first kappa shape index (κ1) is 20.7. The number of methoxy groups -OCH3 is 1. The molecule has 0 unspecified atom stereocenters. The van der Waals surface area contributed by atoms with E-state index >= 15 is 0 Å². The molecule has 0 aliphatic rings. The summed E-state index contributed by atoms with van der Waals surface area (Å²) in [6, 6.07) is 16.8. The minimum Gasteiger partial charge on any atom is -0.494 e. The Labute approximate surface area is 178 Å². The van der Waals surface area contributed by atoms with Crippen molar-refractivity contribution in [3.63, 3.8) is 0 Å². The van der Waals surface area contributed by atoms with Crippen LogP contribution in [-0.4, -0.2) is 18.9 Å². The molecule has 148 valence electrons. The van der Waals surface area contributed by atoms with Crippen molar-refractivity contribution in [2.45, 2.75) is 6.92 Å². The summed E-state index contributed by atoms with van der Waals surface area (Å²) in [5.41, 5.74) is 2.68. The van der Waals surface area contributed by atoms with Crippen molar-refractivity contribution in [1.29, 1.82) is 0 Å². The minimum atomic E-state index is -0.345. The van der Waals surface area contributed by atoms with Crippen LogP contribution in [0.15, 0.2) is 60.7 Å². The predicted molar refractivity (Wildman–Crippen MR) is 117 cm³/mol. The van der Waals surface area contributed by atoms with Gasteiger partial charge in [0.1, 0.15) is 5.75 Å². The average Bonchev–Trinajstić information content (AvgIpc) is 2.70. The van der Waals surface area contributed by atoms with Gasteiger partial charge in [-0.3, -0.25) is 9.59 Å². The zero-order valence-electron chi connectivity index (χ0n) is 15.8. The van der Waals surface area contributed by atoms with E-state index < -0.39 is 0 Å². The van der Waals surface area contributed by atoms with Gasteiger partial charge in [-0.2, -0.15) is 0 Å². The molecule has 0 radical (unpaired) electrons. The van der Waals surface area contributed by atoms with Gasteiger partial charge in [0, 0.05) is 22.2 Å². The second-order valence-electron chi connectivity index (χ2n) is 6.32. The third-order valence-corrected chi connectivity index (χ3v) is 4.74.